The first kappa shape index (κ1) is 16.1. The van der Waals surface area contributed by atoms with Crippen LogP contribution < -0.4 is 5.32 Å². The van der Waals surface area contributed by atoms with Crippen molar-refractivity contribution in [3.05, 3.63) is 64.0 Å². The van der Waals surface area contributed by atoms with E-state index in [9.17, 15) is 4.79 Å². The Balaban J connectivity index is 1.45. The number of rotatable bonds is 4. The molecular weight excluding hydrogens is 350 g/mol. The lowest BCUT2D eigenvalue weighted by atomic mass is 10.1. The predicted octanol–water partition coefficient (Wildman–Crippen LogP) is 4.60. The van der Waals surface area contributed by atoms with E-state index in [1.807, 2.05) is 24.7 Å². The molecule has 6 heteroatoms. The van der Waals surface area contributed by atoms with Gasteiger partial charge in [0.15, 0.2) is 0 Å². The first-order valence-corrected chi connectivity index (χ1v) is 9.65. The van der Waals surface area contributed by atoms with Crippen LogP contribution in [0, 0.1) is 6.92 Å². The zero-order chi connectivity index (χ0) is 17.4. The van der Waals surface area contributed by atoms with E-state index in [4.69, 9.17) is 0 Å². The van der Waals surface area contributed by atoms with Crippen LogP contribution >= 0.6 is 22.7 Å². The Hall–Kier alpha value is -2.44. The predicted molar refractivity (Wildman–Crippen MR) is 104 cm³/mol. The van der Waals surface area contributed by atoms with Crippen molar-refractivity contribution in [3.63, 3.8) is 0 Å². The monoisotopic (exact) mass is 367 g/mol. The maximum absolute atomic E-state index is 12.4. The summed E-state index contributed by atoms with van der Waals surface area (Å²) in [6.07, 6.45) is 0. The van der Waals surface area contributed by atoms with E-state index in [0.717, 1.165) is 26.4 Å². The van der Waals surface area contributed by atoms with E-state index in [1.54, 1.807) is 11.3 Å². The van der Waals surface area contributed by atoms with Gasteiger partial charge in [-0.15, -0.1) is 22.7 Å². The average Bonchev–Trinajstić information content (AvgIpc) is 3.33. The van der Waals surface area contributed by atoms with Crippen molar-refractivity contribution in [3.8, 4) is 10.4 Å². The number of amides is 1. The Bertz CT molecular complexity index is 992. The summed E-state index contributed by atoms with van der Waals surface area (Å²) in [6.45, 7) is 2.49. The summed E-state index contributed by atoms with van der Waals surface area (Å²) in [7, 11) is 1.91. The van der Waals surface area contributed by atoms with E-state index < -0.39 is 0 Å². The number of hydrogen-bond acceptors (Lipinski definition) is 4. The third kappa shape index (κ3) is 3.10. The molecule has 0 unspecified atom stereocenters. The largest absolute Gasteiger partial charge is 0.347 e. The van der Waals surface area contributed by atoms with Gasteiger partial charge in [-0.25, -0.2) is 0 Å². The number of thiophene rings is 2. The second-order valence-electron chi connectivity index (χ2n) is 5.90. The van der Waals surface area contributed by atoms with Gasteiger partial charge in [-0.2, -0.15) is 5.10 Å². The van der Waals surface area contributed by atoms with Gasteiger partial charge in [-0.3, -0.25) is 9.48 Å². The number of nitrogens with zero attached hydrogens (tertiary/aromatic N) is 2. The summed E-state index contributed by atoms with van der Waals surface area (Å²) in [5.41, 5.74) is 3.25. The minimum atomic E-state index is -0.0390. The van der Waals surface area contributed by atoms with Gasteiger partial charge in [0.1, 0.15) is 4.83 Å². The molecule has 4 rings (SSSR count). The molecule has 3 heterocycles. The molecule has 0 fully saturated rings. The number of carbonyl (C=O) groups is 1. The summed E-state index contributed by atoms with van der Waals surface area (Å²) in [5.74, 6) is -0.0390. The Morgan fingerprint density at radius 2 is 2.04 bits per heavy atom. The lowest BCUT2D eigenvalue weighted by molar-refractivity contribution is 0.0955. The van der Waals surface area contributed by atoms with Crippen LogP contribution in [0.4, 0.5) is 0 Å². The van der Waals surface area contributed by atoms with Crippen molar-refractivity contribution in [1.29, 1.82) is 0 Å². The first-order chi connectivity index (χ1) is 12.1. The van der Waals surface area contributed by atoms with Crippen LogP contribution in [0.3, 0.4) is 0 Å². The van der Waals surface area contributed by atoms with Gasteiger partial charge in [0.05, 0.1) is 10.6 Å². The second-order valence-corrected chi connectivity index (χ2v) is 7.87. The van der Waals surface area contributed by atoms with E-state index in [-0.39, 0.29) is 5.91 Å². The third-order valence-electron chi connectivity index (χ3n) is 4.13. The minimum absolute atomic E-state index is 0.0390. The van der Waals surface area contributed by atoms with Crippen molar-refractivity contribution >= 4 is 38.8 Å². The molecular formula is C19H17N3OS2. The molecule has 4 nitrogen and oxygen atoms in total. The molecule has 1 aromatic carbocycles. The minimum Gasteiger partial charge on any atom is -0.347 e. The van der Waals surface area contributed by atoms with Crippen LogP contribution in [0.15, 0.2) is 47.8 Å². The fourth-order valence-corrected chi connectivity index (χ4v) is 4.59. The van der Waals surface area contributed by atoms with Crippen LogP contribution in [-0.4, -0.2) is 15.7 Å². The molecule has 25 heavy (non-hydrogen) atoms. The summed E-state index contributed by atoms with van der Waals surface area (Å²) >= 11 is 3.21. The fraction of sp³-hybridized carbons (Fsp3) is 0.158. The molecule has 0 saturated heterocycles. The molecule has 0 saturated carbocycles. The molecule has 0 aliphatic rings. The van der Waals surface area contributed by atoms with Gasteiger partial charge in [0, 0.05) is 23.9 Å². The average molecular weight is 367 g/mol. The van der Waals surface area contributed by atoms with Gasteiger partial charge in [-0.05, 0) is 35.6 Å². The summed E-state index contributed by atoms with van der Waals surface area (Å²) < 4.78 is 1.83. The number of nitrogens with one attached hydrogen (secondary N) is 1. The smallest absolute Gasteiger partial charge is 0.261 e. The van der Waals surface area contributed by atoms with Crippen LogP contribution in [0.5, 0.6) is 0 Å². The maximum atomic E-state index is 12.4. The fourth-order valence-electron chi connectivity index (χ4n) is 2.82. The summed E-state index contributed by atoms with van der Waals surface area (Å²) in [4.78, 5) is 15.4. The molecule has 4 aromatic rings. The lowest BCUT2D eigenvalue weighted by Crippen LogP contribution is -2.21. The van der Waals surface area contributed by atoms with Gasteiger partial charge in [-0.1, -0.05) is 30.3 Å². The SMILES string of the molecule is Cc1nn(C)c2sc(C(=O)NCc3ccc(-c4cccs4)cc3)cc12. The topological polar surface area (TPSA) is 46.9 Å². The zero-order valence-corrected chi connectivity index (χ0v) is 15.6. The van der Waals surface area contributed by atoms with E-state index in [1.165, 1.54) is 21.8 Å². The molecule has 0 bridgehead atoms. The summed E-state index contributed by atoms with van der Waals surface area (Å²) in [5, 5.41) is 10.5. The van der Waals surface area contributed by atoms with Crippen molar-refractivity contribution in [1.82, 2.24) is 15.1 Å². The molecule has 0 aliphatic heterocycles. The quantitative estimate of drug-likeness (QED) is 0.573. The Labute approximate surface area is 153 Å². The number of carbonyl (C=O) groups excluding carboxylic acids is 1. The Kier molecular flexibility index (Phi) is 4.15. The number of aryl methyl sites for hydroxylation is 2. The van der Waals surface area contributed by atoms with Crippen LogP contribution in [0.2, 0.25) is 0 Å². The highest BCUT2D eigenvalue weighted by Gasteiger charge is 2.14. The standard InChI is InChI=1S/C19H17N3OS2/c1-12-15-10-17(25-19(15)22(2)21-12)18(23)20-11-13-5-7-14(8-6-13)16-4-3-9-24-16/h3-10H,11H2,1-2H3,(H,20,23). The number of hydrogen-bond donors (Lipinski definition) is 1. The Morgan fingerprint density at radius 1 is 1.24 bits per heavy atom. The molecule has 1 N–H and O–H groups in total. The van der Waals surface area contributed by atoms with Gasteiger partial charge >= 0.3 is 0 Å². The molecule has 0 atom stereocenters. The number of aromatic nitrogens is 2. The molecule has 126 valence electrons. The van der Waals surface area contributed by atoms with Gasteiger partial charge in [0.25, 0.3) is 5.91 Å². The molecule has 3 aromatic heterocycles. The van der Waals surface area contributed by atoms with Crippen LogP contribution in [-0.2, 0) is 13.6 Å². The van der Waals surface area contributed by atoms with Crippen molar-refractivity contribution < 1.29 is 4.79 Å². The number of fused-ring (bicyclic) bond motifs is 1. The highest BCUT2D eigenvalue weighted by molar-refractivity contribution is 7.20. The molecule has 0 aliphatic carbocycles. The summed E-state index contributed by atoms with van der Waals surface area (Å²) in [6, 6.07) is 14.4. The van der Waals surface area contributed by atoms with E-state index in [0.29, 0.717) is 6.54 Å². The van der Waals surface area contributed by atoms with Crippen LogP contribution in [0.1, 0.15) is 20.9 Å². The third-order valence-corrected chi connectivity index (χ3v) is 6.25. The van der Waals surface area contributed by atoms with Crippen molar-refractivity contribution in [2.45, 2.75) is 13.5 Å². The number of benzene rings is 1. The van der Waals surface area contributed by atoms with E-state index >= 15 is 0 Å². The van der Waals surface area contributed by atoms with Crippen molar-refractivity contribution in [2.75, 3.05) is 0 Å². The molecule has 1 amide bonds. The highest BCUT2D eigenvalue weighted by atomic mass is 32.1. The lowest BCUT2D eigenvalue weighted by Gasteiger charge is -2.05. The zero-order valence-electron chi connectivity index (χ0n) is 13.9. The normalized spacial score (nSPS) is 11.1. The molecule has 0 spiro atoms. The second kappa shape index (κ2) is 6.46. The van der Waals surface area contributed by atoms with Crippen molar-refractivity contribution in [2.24, 2.45) is 7.05 Å². The van der Waals surface area contributed by atoms with E-state index in [2.05, 4.69) is 52.2 Å². The maximum Gasteiger partial charge on any atom is 0.261 e. The van der Waals surface area contributed by atoms with Gasteiger partial charge in [0.2, 0.25) is 0 Å². The van der Waals surface area contributed by atoms with Gasteiger partial charge < -0.3 is 5.32 Å². The molecule has 0 radical (unpaired) electrons. The van der Waals surface area contributed by atoms with Crippen LogP contribution in [0.25, 0.3) is 20.7 Å². The first-order valence-electron chi connectivity index (χ1n) is 7.96. The Morgan fingerprint density at radius 3 is 2.72 bits per heavy atom. The highest BCUT2D eigenvalue weighted by Crippen LogP contribution is 2.28.